The summed E-state index contributed by atoms with van der Waals surface area (Å²) in [5.41, 5.74) is 1.44. The van der Waals surface area contributed by atoms with Crippen molar-refractivity contribution in [3.8, 4) is 22.9 Å². The van der Waals surface area contributed by atoms with E-state index in [0.29, 0.717) is 72.5 Å². The van der Waals surface area contributed by atoms with Crippen LogP contribution < -0.4 is 20.1 Å². The molecule has 0 aliphatic carbocycles. The number of anilines is 2. The molecule has 228 valence electrons. The molecule has 3 N–H and O–H groups in total. The molecule has 1 aliphatic rings. The van der Waals surface area contributed by atoms with E-state index < -0.39 is 27.1 Å². The normalized spacial score (nSPS) is 17.9. The number of halogens is 4. The van der Waals surface area contributed by atoms with Gasteiger partial charge in [0.25, 0.3) is 0 Å². The zero-order valence-electron chi connectivity index (χ0n) is 23.5. The molecule has 1 saturated heterocycles. The fourth-order valence-corrected chi connectivity index (χ4v) is 5.71. The molecule has 9 nitrogen and oxygen atoms in total. The molecule has 14 heteroatoms. The third-order valence-electron chi connectivity index (χ3n) is 7.33. The van der Waals surface area contributed by atoms with Crippen molar-refractivity contribution in [1.29, 1.82) is 0 Å². The van der Waals surface area contributed by atoms with Crippen molar-refractivity contribution < 1.29 is 30.7 Å². The van der Waals surface area contributed by atoms with Crippen LogP contribution in [0.25, 0.3) is 22.0 Å². The van der Waals surface area contributed by atoms with E-state index >= 15 is 0 Å². The number of ether oxygens (including phenoxy) is 1. The number of alkyl halides is 4. The summed E-state index contributed by atoms with van der Waals surface area (Å²) in [5, 5.41) is 7.06. The van der Waals surface area contributed by atoms with E-state index in [2.05, 4.69) is 30.3 Å². The predicted octanol–water partition coefficient (Wildman–Crippen LogP) is 5.99. The number of piperidine rings is 1. The molecular formula is C29H30F4N6O3S. The summed E-state index contributed by atoms with van der Waals surface area (Å²) in [7, 11) is -4.89. The molecule has 0 bridgehead atoms. The highest BCUT2D eigenvalue weighted by Gasteiger charge is 2.57. The topological polar surface area (TPSA) is 118 Å². The van der Waals surface area contributed by atoms with Gasteiger partial charge in [-0.1, -0.05) is 24.3 Å². The third kappa shape index (κ3) is 6.20. The average Bonchev–Trinajstić information content (AvgIpc) is 2.95. The molecule has 0 saturated carbocycles. The van der Waals surface area contributed by atoms with Crippen molar-refractivity contribution in [3.63, 3.8) is 0 Å². The Labute approximate surface area is 246 Å². The number of rotatable bonds is 8. The highest BCUT2D eigenvalue weighted by molar-refractivity contribution is 7.94. The lowest BCUT2D eigenvalue weighted by Gasteiger charge is -2.28. The standard InChI is InChI=1S/C29H30F4N6O3S/c1-17-12-23(39-43(40,41)28(2,3)29(31,32)33)21-6-4-5-7-22(21)26(17)42-27-25(36-10-11-37-27)18-8-9-35-24(13-18)38-20-14-19(30)15-34-16-20/h4-13,19-20,34,39H,14-16H2,1-3H3,(H,35,38). The quantitative estimate of drug-likeness (QED) is 0.206. The van der Waals surface area contributed by atoms with Crippen molar-refractivity contribution >= 4 is 32.3 Å². The first-order valence-corrected chi connectivity index (χ1v) is 14.9. The molecule has 0 amide bonds. The Bertz CT molecular complexity index is 1750. The Balaban J connectivity index is 1.49. The first-order valence-electron chi connectivity index (χ1n) is 13.4. The SMILES string of the molecule is Cc1cc(NS(=O)(=O)C(C)(C)C(F)(F)F)c2ccccc2c1Oc1nccnc1-c1ccnc(NC2CNCC(F)C2)c1. The molecule has 1 fully saturated rings. The maximum Gasteiger partial charge on any atom is 0.409 e. The van der Waals surface area contributed by atoms with Gasteiger partial charge in [-0.2, -0.15) is 13.2 Å². The average molecular weight is 619 g/mol. The molecule has 2 unspecified atom stereocenters. The number of nitrogens with zero attached hydrogens (tertiary/aromatic N) is 3. The molecule has 4 aromatic rings. The van der Waals surface area contributed by atoms with Gasteiger partial charge in [0, 0.05) is 60.5 Å². The van der Waals surface area contributed by atoms with Gasteiger partial charge in [-0.15, -0.1) is 0 Å². The van der Waals surface area contributed by atoms with Crippen LogP contribution in [0.5, 0.6) is 11.6 Å². The number of fused-ring (bicyclic) bond motifs is 1. The summed E-state index contributed by atoms with van der Waals surface area (Å²) in [6, 6.07) is 11.4. The molecular weight excluding hydrogens is 588 g/mol. The van der Waals surface area contributed by atoms with Gasteiger partial charge in [-0.25, -0.2) is 27.8 Å². The van der Waals surface area contributed by atoms with Gasteiger partial charge in [0.05, 0.1) is 5.69 Å². The maximum absolute atomic E-state index is 13.9. The first kappa shape index (κ1) is 30.4. The zero-order valence-corrected chi connectivity index (χ0v) is 24.4. The minimum Gasteiger partial charge on any atom is -0.436 e. The molecule has 5 rings (SSSR count). The van der Waals surface area contributed by atoms with Crippen LogP contribution in [0, 0.1) is 6.92 Å². The van der Waals surface area contributed by atoms with Gasteiger partial charge in [-0.05, 0) is 44.5 Å². The van der Waals surface area contributed by atoms with Gasteiger partial charge < -0.3 is 15.4 Å². The van der Waals surface area contributed by atoms with Crippen LogP contribution in [0.1, 0.15) is 25.8 Å². The number of aryl methyl sites for hydroxylation is 1. The summed E-state index contributed by atoms with van der Waals surface area (Å²) < 4.78 is 85.7. The van der Waals surface area contributed by atoms with Crippen molar-refractivity contribution in [2.45, 2.75) is 50.3 Å². The summed E-state index contributed by atoms with van der Waals surface area (Å²) in [6.45, 7) is 3.79. The Morgan fingerprint density at radius 1 is 0.977 bits per heavy atom. The second kappa shape index (κ2) is 11.6. The molecule has 0 radical (unpaired) electrons. The number of hydrogen-bond acceptors (Lipinski definition) is 8. The number of benzene rings is 2. The minimum absolute atomic E-state index is 0.0188. The third-order valence-corrected chi connectivity index (χ3v) is 9.39. The zero-order chi connectivity index (χ0) is 31.0. The molecule has 1 aliphatic heterocycles. The van der Waals surface area contributed by atoms with E-state index in [1.165, 1.54) is 18.5 Å². The second-order valence-corrected chi connectivity index (χ2v) is 13.0. The van der Waals surface area contributed by atoms with Crippen LogP contribution in [-0.2, 0) is 10.0 Å². The number of hydrogen-bond donors (Lipinski definition) is 3. The van der Waals surface area contributed by atoms with Crippen LogP contribution in [0.3, 0.4) is 0 Å². The van der Waals surface area contributed by atoms with Crippen LogP contribution in [0.15, 0.2) is 61.1 Å². The number of aromatic nitrogens is 3. The van der Waals surface area contributed by atoms with Gasteiger partial charge in [0.2, 0.25) is 15.9 Å². The summed E-state index contributed by atoms with van der Waals surface area (Å²) in [4.78, 5) is 13.2. The summed E-state index contributed by atoms with van der Waals surface area (Å²) in [6.07, 6.45) is -1.06. The summed E-state index contributed by atoms with van der Waals surface area (Å²) >= 11 is 0. The van der Waals surface area contributed by atoms with E-state index in [0.717, 1.165) is 0 Å². The molecule has 2 aromatic heterocycles. The number of pyridine rings is 1. The Hall–Kier alpha value is -4.04. The van der Waals surface area contributed by atoms with Crippen molar-refractivity contribution in [1.82, 2.24) is 20.3 Å². The van der Waals surface area contributed by atoms with Gasteiger partial charge >= 0.3 is 6.18 Å². The van der Waals surface area contributed by atoms with Crippen LogP contribution in [0.4, 0.5) is 29.1 Å². The first-order chi connectivity index (χ1) is 20.3. The second-order valence-electron chi connectivity index (χ2n) is 10.8. The fourth-order valence-electron chi connectivity index (χ4n) is 4.69. The largest absolute Gasteiger partial charge is 0.436 e. The number of nitrogens with one attached hydrogen (secondary N) is 3. The lowest BCUT2D eigenvalue weighted by atomic mass is 10.0. The smallest absolute Gasteiger partial charge is 0.409 e. The van der Waals surface area contributed by atoms with E-state index in [-0.39, 0.29) is 17.6 Å². The maximum atomic E-state index is 13.9. The monoisotopic (exact) mass is 618 g/mol. The predicted molar refractivity (Wildman–Crippen MR) is 156 cm³/mol. The van der Waals surface area contributed by atoms with Crippen LogP contribution in [0.2, 0.25) is 0 Å². The van der Waals surface area contributed by atoms with Gasteiger partial charge in [0.15, 0.2) is 4.75 Å². The van der Waals surface area contributed by atoms with Gasteiger partial charge in [-0.3, -0.25) is 4.72 Å². The molecule has 3 heterocycles. The summed E-state index contributed by atoms with van der Waals surface area (Å²) in [5.74, 6) is 0.989. The minimum atomic E-state index is -5.00. The van der Waals surface area contributed by atoms with E-state index in [1.807, 2.05) is 0 Å². The van der Waals surface area contributed by atoms with Crippen LogP contribution in [-0.4, -0.2) is 59.6 Å². The Morgan fingerprint density at radius 3 is 2.42 bits per heavy atom. The highest BCUT2D eigenvalue weighted by atomic mass is 32.2. The lowest BCUT2D eigenvalue weighted by molar-refractivity contribution is -0.152. The molecule has 2 atom stereocenters. The highest BCUT2D eigenvalue weighted by Crippen LogP contribution is 2.42. The van der Waals surface area contributed by atoms with Crippen LogP contribution >= 0.6 is 0 Å². The molecule has 43 heavy (non-hydrogen) atoms. The van der Waals surface area contributed by atoms with Crippen molar-refractivity contribution in [2.24, 2.45) is 0 Å². The Kier molecular flexibility index (Phi) is 8.18. The lowest BCUT2D eigenvalue weighted by Crippen LogP contribution is -2.49. The fraction of sp³-hybridized carbons (Fsp3) is 0.345. The van der Waals surface area contributed by atoms with Crippen molar-refractivity contribution in [2.75, 3.05) is 23.1 Å². The van der Waals surface area contributed by atoms with Gasteiger partial charge in [0.1, 0.15) is 23.4 Å². The van der Waals surface area contributed by atoms with Crippen molar-refractivity contribution in [3.05, 3.63) is 66.6 Å². The Morgan fingerprint density at radius 2 is 1.70 bits per heavy atom. The van der Waals surface area contributed by atoms with E-state index in [1.54, 1.807) is 49.5 Å². The number of sulfonamides is 1. The van der Waals surface area contributed by atoms with E-state index in [4.69, 9.17) is 4.74 Å². The molecule has 2 aromatic carbocycles. The van der Waals surface area contributed by atoms with E-state index in [9.17, 15) is 26.0 Å². The molecule has 0 spiro atoms.